The number of nitrogens with zero attached hydrogens (tertiary/aromatic N) is 4. The minimum absolute atomic E-state index is 0.323. The van der Waals surface area contributed by atoms with E-state index in [0.717, 1.165) is 35.6 Å². The lowest BCUT2D eigenvalue weighted by Crippen LogP contribution is -2.41. The predicted molar refractivity (Wildman–Crippen MR) is 152 cm³/mol. The van der Waals surface area contributed by atoms with Crippen molar-refractivity contribution in [1.82, 2.24) is 14.9 Å². The Morgan fingerprint density at radius 3 is 2.54 bits per heavy atom. The van der Waals surface area contributed by atoms with Crippen molar-refractivity contribution in [2.24, 2.45) is 0 Å². The van der Waals surface area contributed by atoms with Crippen LogP contribution in [0.25, 0.3) is 0 Å². The van der Waals surface area contributed by atoms with Gasteiger partial charge in [0.1, 0.15) is 10.8 Å². The zero-order valence-electron chi connectivity index (χ0n) is 22.5. The maximum absolute atomic E-state index is 12.8. The first-order valence-corrected chi connectivity index (χ1v) is 13.7. The fourth-order valence-electron chi connectivity index (χ4n) is 4.95. The van der Waals surface area contributed by atoms with Gasteiger partial charge in [-0.1, -0.05) is 17.7 Å². The largest absolute Gasteiger partial charge is 0.494 e. The molecular weight excluding hydrogens is 561 g/mol. The molecule has 1 fully saturated rings. The molecule has 1 atom stereocenters. The molecule has 5 rings (SSSR count). The molecule has 3 aromatic rings. The van der Waals surface area contributed by atoms with Crippen molar-refractivity contribution in [3.05, 3.63) is 58.7 Å². The highest BCUT2D eigenvalue weighted by molar-refractivity contribution is 6.33. The molecule has 2 aliphatic heterocycles. The van der Waals surface area contributed by atoms with Gasteiger partial charge in [0, 0.05) is 50.2 Å². The van der Waals surface area contributed by atoms with Crippen LogP contribution in [0.2, 0.25) is 5.02 Å². The summed E-state index contributed by atoms with van der Waals surface area (Å²) in [4.78, 5) is 12.7. The summed E-state index contributed by atoms with van der Waals surface area (Å²) in [5.74, 6) is 1.36. The standard InChI is InChI=1S/C28H32ClF3N6O3/c1-40-24-15-21(38-10-12-41-13-11-38)4-5-23(24)35-26-22(29)16-33-27(36-26)34-20-3-2-18-6-8-37(9-7-19(18)14-20)17-25(39)28(30,31)32/h2-5,14-16,25,39H,6-13,17H2,1H3,(H2,33,34,35,36)/t25-/m1/s1. The van der Waals surface area contributed by atoms with Crippen LogP contribution >= 0.6 is 11.6 Å². The average Bonchev–Trinajstić information content (AvgIpc) is 3.17. The van der Waals surface area contributed by atoms with E-state index in [9.17, 15) is 18.3 Å². The van der Waals surface area contributed by atoms with E-state index >= 15 is 0 Å². The van der Waals surface area contributed by atoms with Crippen LogP contribution in [0, 0.1) is 0 Å². The molecular formula is C28H32ClF3N6O3. The maximum Gasteiger partial charge on any atom is 0.415 e. The summed E-state index contributed by atoms with van der Waals surface area (Å²) in [6.45, 7) is 3.42. The number of fused-ring (bicyclic) bond motifs is 1. The summed E-state index contributed by atoms with van der Waals surface area (Å²) in [7, 11) is 1.61. The lowest BCUT2D eigenvalue weighted by atomic mass is 10.0. The Kier molecular flexibility index (Phi) is 9.03. The number of aliphatic hydroxyl groups is 1. The monoisotopic (exact) mass is 592 g/mol. The Balaban J connectivity index is 1.27. The van der Waals surface area contributed by atoms with Crippen LogP contribution in [0.4, 0.5) is 42.0 Å². The molecule has 220 valence electrons. The van der Waals surface area contributed by atoms with Gasteiger partial charge in [0.2, 0.25) is 5.95 Å². The van der Waals surface area contributed by atoms with Crippen molar-refractivity contribution in [3.63, 3.8) is 0 Å². The number of methoxy groups -OCH3 is 1. The van der Waals surface area contributed by atoms with Crippen molar-refractivity contribution in [2.45, 2.75) is 25.1 Å². The quantitative estimate of drug-likeness (QED) is 0.341. The number of β-amino-alcohol motifs (C(OH)–C–C–N with tert-alkyl or cyclic N) is 1. The van der Waals surface area contributed by atoms with Gasteiger partial charge in [-0.05, 0) is 48.2 Å². The Morgan fingerprint density at radius 2 is 1.80 bits per heavy atom. The van der Waals surface area contributed by atoms with Crippen molar-refractivity contribution < 1.29 is 27.8 Å². The molecule has 2 aromatic carbocycles. The van der Waals surface area contributed by atoms with Gasteiger partial charge in [0.15, 0.2) is 11.9 Å². The Labute approximate surface area is 241 Å². The first-order chi connectivity index (χ1) is 19.7. The molecule has 0 amide bonds. The van der Waals surface area contributed by atoms with E-state index in [1.165, 1.54) is 6.20 Å². The molecule has 0 aliphatic carbocycles. The van der Waals surface area contributed by atoms with E-state index in [1.807, 2.05) is 36.4 Å². The van der Waals surface area contributed by atoms with Gasteiger partial charge in [0.05, 0.1) is 32.2 Å². The molecule has 3 heterocycles. The first-order valence-electron chi connectivity index (χ1n) is 13.4. The van der Waals surface area contributed by atoms with Crippen molar-refractivity contribution in [3.8, 4) is 5.75 Å². The number of hydrogen-bond acceptors (Lipinski definition) is 9. The highest BCUT2D eigenvalue weighted by Gasteiger charge is 2.39. The summed E-state index contributed by atoms with van der Waals surface area (Å²) in [5.41, 5.74) is 4.56. The minimum atomic E-state index is -4.62. The molecule has 1 aromatic heterocycles. The summed E-state index contributed by atoms with van der Waals surface area (Å²) in [5, 5.41) is 16.2. The van der Waals surface area contributed by atoms with Crippen molar-refractivity contribution in [1.29, 1.82) is 0 Å². The summed E-state index contributed by atoms with van der Waals surface area (Å²) >= 11 is 6.42. The SMILES string of the molecule is COc1cc(N2CCOCC2)ccc1Nc1nc(Nc2ccc3c(c2)CCN(C[C@@H](O)C(F)(F)F)CC3)ncc1Cl. The number of ether oxygens (including phenoxy) is 2. The minimum Gasteiger partial charge on any atom is -0.494 e. The fraction of sp³-hybridized carbons (Fsp3) is 0.429. The highest BCUT2D eigenvalue weighted by Crippen LogP contribution is 2.34. The second-order valence-corrected chi connectivity index (χ2v) is 10.4. The predicted octanol–water partition coefficient (Wildman–Crippen LogP) is 4.79. The Hall–Kier alpha value is -3.32. The fourth-order valence-corrected chi connectivity index (χ4v) is 5.09. The summed E-state index contributed by atoms with van der Waals surface area (Å²) < 4.78 is 49.5. The van der Waals surface area contributed by atoms with Gasteiger partial charge in [-0.15, -0.1) is 0 Å². The number of nitrogens with one attached hydrogen (secondary N) is 2. The number of rotatable bonds is 8. The number of morpholine rings is 1. The van der Waals surface area contributed by atoms with Crippen LogP contribution in [-0.4, -0.2) is 85.3 Å². The molecule has 2 aliphatic rings. The third-order valence-electron chi connectivity index (χ3n) is 7.22. The molecule has 0 bridgehead atoms. The number of alkyl halides is 3. The molecule has 9 nitrogen and oxygen atoms in total. The molecule has 13 heteroatoms. The van der Waals surface area contributed by atoms with E-state index in [-0.39, 0.29) is 0 Å². The summed E-state index contributed by atoms with van der Waals surface area (Å²) in [6, 6.07) is 11.7. The number of anilines is 5. The van der Waals surface area contributed by atoms with Gasteiger partial charge in [-0.2, -0.15) is 18.2 Å². The van der Waals surface area contributed by atoms with E-state index < -0.39 is 18.8 Å². The van der Waals surface area contributed by atoms with Crippen molar-refractivity contribution >= 4 is 40.4 Å². The zero-order valence-corrected chi connectivity index (χ0v) is 23.3. The Morgan fingerprint density at radius 1 is 1.05 bits per heavy atom. The third-order valence-corrected chi connectivity index (χ3v) is 7.50. The van der Waals surface area contributed by atoms with Crippen LogP contribution in [0.15, 0.2) is 42.6 Å². The smallest absolute Gasteiger partial charge is 0.415 e. The van der Waals surface area contributed by atoms with E-state index in [2.05, 4.69) is 25.5 Å². The Bertz CT molecular complexity index is 1360. The molecule has 0 saturated carbocycles. The van der Waals surface area contributed by atoms with Crippen LogP contribution in [-0.2, 0) is 17.6 Å². The topological polar surface area (TPSA) is 95.0 Å². The van der Waals surface area contributed by atoms with E-state index in [1.54, 1.807) is 12.0 Å². The average molecular weight is 593 g/mol. The van der Waals surface area contributed by atoms with Gasteiger partial charge in [-0.25, -0.2) is 4.98 Å². The number of benzene rings is 2. The number of aromatic nitrogens is 2. The van der Waals surface area contributed by atoms with Gasteiger partial charge in [0.25, 0.3) is 0 Å². The first kappa shape index (κ1) is 29.2. The van der Waals surface area contributed by atoms with Gasteiger partial charge < -0.3 is 30.1 Å². The molecule has 0 radical (unpaired) electrons. The third kappa shape index (κ3) is 7.31. The molecule has 41 heavy (non-hydrogen) atoms. The lowest BCUT2D eigenvalue weighted by Gasteiger charge is -2.29. The molecule has 0 spiro atoms. The number of halogens is 4. The maximum atomic E-state index is 12.8. The number of aliphatic hydroxyl groups excluding tert-OH is 1. The highest BCUT2D eigenvalue weighted by atomic mass is 35.5. The normalized spacial score (nSPS) is 17.0. The van der Waals surface area contributed by atoms with E-state index in [0.29, 0.717) is 67.4 Å². The van der Waals surface area contributed by atoms with Gasteiger partial charge >= 0.3 is 6.18 Å². The lowest BCUT2D eigenvalue weighted by molar-refractivity contribution is -0.208. The number of hydrogen-bond donors (Lipinski definition) is 3. The van der Waals surface area contributed by atoms with Crippen LogP contribution in [0.3, 0.4) is 0 Å². The second kappa shape index (κ2) is 12.7. The van der Waals surface area contributed by atoms with Gasteiger partial charge in [-0.3, -0.25) is 4.90 Å². The molecule has 0 unspecified atom stereocenters. The van der Waals surface area contributed by atoms with Crippen LogP contribution in [0.5, 0.6) is 5.75 Å². The van der Waals surface area contributed by atoms with E-state index in [4.69, 9.17) is 21.1 Å². The summed E-state index contributed by atoms with van der Waals surface area (Å²) in [6.07, 6.45) is -4.32. The molecule has 1 saturated heterocycles. The van der Waals surface area contributed by atoms with Crippen LogP contribution < -0.4 is 20.3 Å². The zero-order chi connectivity index (χ0) is 29.0. The second-order valence-electron chi connectivity index (χ2n) is 9.97. The van der Waals surface area contributed by atoms with Crippen molar-refractivity contribution in [2.75, 3.05) is 68.6 Å². The van der Waals surface area contributed by atoms with Crippen LogP contribution in [0.1, 0.15) is 11.1 Å². The molecule has 3 N–H and O–H groups in total.